The topological polar surface area (TPSA) is 70.2 Å². The smallest absolute Gasteiger partial charge is 0.237 e. The van der Waals surface area contributed by atoms with Gasteiger partial charge in [-0.25, -0.2) is 12.8 Å². The first kappa shape index (κ1) is 24.6. The van der Waals surface area contributed by atoms with E-state index in [1.54, 1.807) is 11.0 Å². The van der Waals surface area contributed by atoms with E-state index in [0.717, 1.165) is 37.3 Å². The van der Waals surface area contributed by atoms with Gasteiger partial charge in [-0.1, -0.05) is 36.4 Å². The average Bonchev–Trinajstić information content (AvgIpc) is 3.19. The molecule has 2 fully saturated rings. The normalized spacial score (nSPS) is 20.8. The molecule has 2 aromatic carbocycles. The molecule has 2 aliphatic heterocycles. The molecule has 1 amide bonds. The summed E-state index contributed by atoms with van der Waals surface area (Å²) < 4.78 is 43.1. The zero-order valence-electron chi connectivity index (χ0n) is 19.5. The second-order valence-electron chi connectivity index (χ2n) is 9.09. The van der Waals surface area contributed by atoms with Crippen LogP contribution in [0.5, 0.6) is 5.75 Å². The summed E-state index contributed by atoms with van der Waals surface area (Å²) in [6.07, 6.45) is 0.493. The highest BCUT2D eigenvalue weighted by Crippen LogP contribution is 2.22. The molecule has 2 aliphatic rings. The lowest BCUT2D eigenvalue weighted by molar-refractivity contribution is -0.135. The molecular formula is C25H32FN3O4S. The number of rotatable bonds is 8. The number of sulfone groups is 1. The third kappa shape index (κ3) is 6.34. The Hall–Kier alpha value is -2.49. The summed E-state index contributed by atoms with van der Waals surface area (Å²) in [5.41, 5.74) is 1.89. The molecule has 2 heterocycles. The van der Waals surface area contributed by atoms with Crippen LogP contribution in [-0.4, -0.2) is 86.4 Å². The van der Waals surface area contributed by atoms with Gasteiger partial charge in [0.15, 0.2) is 21.4 Å². The van der Waals surface area contributed by atoms with Crippen molar-refractivity contribution in [1.29, 1.82) is 0 Å². The highest BCUT2D eigenvalue weighted by molar-refractivity contribution is 7.91. The molecule has 1 atom stereocenters. The minimum Gasteiger partial charge on any atom is -0.494 e. The Morgan fingerprint density at radius 1 is 1.06 bits per heavy atom. The summed E-state index contributed by atoms with van der Waals surface area (Å²) in [5.74, 6) is 0.0223. The van der Waals surface area contributed by atoms with Crippen LogP contribution in [0.3, 0.4) is 0 Å². The predicted octanol–water partition coefficient (Wildman–Crippen LogP) is 2.17. The van der Waals surface area contributed by atoms with Gasteiger partial charge in [0.25, 0.3) is 0 Å². The van der Waals surface area contributed by atoms with E-state index in [9.17, 15) is 17.6 Å². The lowest BCUT2D eigenvalue weighted by Crippen LogP contribution is -2.51. The molecule has 0 aromatic heterocycles. The molecular weight excluding hydrogens is 457 g/mol. The SMILES string of the molecule is COc1ccc(CN2CCN(CC(=O)N(Cc3ccccc3)C3CCS(=O)(=O)C3)CC2)cc1F. The predicted molar refractivity (Wildman–Crippen MR) is 129 cm³/mol. The fraction of sp³-hybridized carbons (Fsp3) is 0.480. The van der Waals surface area contributed by atoms with Gasteiger partial charge < -0.3 is 9.64 Å². The molecule has 4 rings (SSSR count). The lowest BCUT2D eigenvalue weighted by atomic mass is 10.1. The van der Waals surface area contributed by atoms with Gasteiger partial charge in [-0.05, 0) is 29.7 Å². The van der Waals surface area contributed by atoms with Gasteiger partial charge in [0.2, 0.25) is 5.91 Å². The Balaban J connectivity index is 1.33. The first-order valence-electron chi connectivity index (χ1n) is 11.6. The van der Waals surface area contributed by atoms with E-state index in [4.69, 9.17) is 4.74 Å². The van der Waals surface area contributed by atoms with E-state index in [1.807, 2.05) is 36.4 Å². The van der Waals surface area contributed by atoms with Crippen molar-refractivity contribution in [3.63, 3.8) is 0 Å². The standard InChI is InChI=1S/C25H32FN3O4S/c1-33-24-8-7-21(15-23(24)26)16-27-10-12-28(13-11-27)18-25(30)29(17-20-5-3-2-4-6-20)22-9-14-34(31,32)19-22/h2-8,15,22H,9-14,16-19H2,1H3. The number of amides is 1. The van der Waals surface area contributed by atoms with Gasteiger partial charge in [-0.2, -0.15) is 0 Å². The van der Waals surface area contributed by atoms with Gasteiger partial charge in [-0.15, -0.1) is 0 Å². The van der Waals surface area contributed by atoms with Crippen LogP contribution in [0.2, 0.25) is 0 Å². The monoisotopic (exact) mass is 489 g/mol. The Morgan fingerprint density at radius 3 is 2.38 bits per heavy atom. The Kier molecular flexibility index (Phi) is 7.85. The van der Waals surface area contributed by atoms with Crippen molar-refractivity contribution in [2.24, 2.45) is 0 Å². The Bertz CT molecular complexity index is 1090. The maximum Gasteiger partial charge on any atom is 0.237 e. The zero-order valence-corrected chi connectivity index (χ0v) is 20.3. The first-order valence-corrected chi connectivity index (χ1v) is 13.5. The van der Waals surface area contributed by atoms with Crippen LogP contribution in [-0.2, 0) is 27.7 Å². The van der Waals surface area contributed by atoms with Crippen molar-refractivity contribution >= 4 is 15.7 Å². The van der Waals surface area contributed by atoms with E-state index in [2.05, 4.69) is 9.80 Å². The molecule has 0 radical (unpaired) electrons. The summed E-state index contributed by atoms with van der Waals surface area (Å²) in [6.45, 7) is 4.34. The third-order valence-electron chi connectivity index (χ3n) is 6.61. The van der Waals surface area contributed by atoms with Gasteiger partial charge in [0, 0.05) is 45.3 Å². The molecule has 0 spiro atoms. The van der Waals surface area contributed by atoms with Crippen LogP contribution < -0.4 is 4.74 Å². The van der Waals surface area contributed by atoms with Crippen molar-refractivity contribution in [3.8, 4) is 5.75 Å². The van der Waals surface area contributed by atoms with Crippen LogP contribution in [0.1, 0.15) is 17.5 Å². The summed E-state index contributed by atoms with van der Waals surface area (Å²) in [4.78, 5) is 19.4. The number of benzene rings is 2. The van der Waals surface area contributed by atoms with Crippen molar-refractivity contribution in [2.45, 2.75) is 25.6 Å². The molecule has 0 saturated carbocycles. The van der Waals surface area contributed by atoms with E-state index < -0.39 is 9.84 Å². The van der Waals surface area contributed by atoms with Crippen LogP contribution in [0.15, 0.2) is 48.5 Å². The molecule has 0 aliphatic carbocycles. The average molecular weight is 490 g/mol. The zero-order chi connectivity index (χ0) is 24.1. The molecule has 2 aromatic rings. The van der Waals surface area contributed by atoms with Gasteiger partial charge in [0.1, 0.15) is 0 Å². The minimum atomic E-state index is -3.09. The summed E-state index contributed by atoms with van der Waals surface area (Å²) in [5, 5.41) is 0. The highest BCUT2D eigenvalue weighted by atomic mass is 32.2. The number of ether oxygens (including phenoxy) is 1. The molecule has 2 saturated heterocycles. The van der Waals surface area contributed by atoms with E-state index in [1.165, 1.54) is 13.2 Å². The summed E-state index contributed by atoms with van der Waals surface area (Å²) in [7, 11) is -1.64. The molecule has 0 N–H and O–H groups in total. The number of carbonyl (C=O) groups is 1. The van der Waals surface area contributed by atoms with Gasteiger partial charge >= 0.3 is 0 Å². The number of piperazine rings is 1. The van der Waals surface area contributed by atoms with Crippen LogP contribution in [0.25, 0.3) is 0 Å². The molecule has 1 unspecified atom stereocenters. The fourth-order valence-electron chi connectivity index (χ4n) is 4.68. The van der Waals surface area contributed by atoms with Crippen LogP contribution in [0, 0.1) is 5.82 Å². The van der Waals surface area contributed by atoms with Gasteiger partial charge in [0.05, 0.1) is 25.2 Å². The third-order valence-corrected chi connectivity index (χ3v) is 8.36. The quantitative estimate of drug-likeness (QED) is 0.566. The second-order valence-corrected chi connectivity index (χ2v) is 11.3. The van der Waals surface area contributed by atoms with E-state index in [-0.39, 0.29) is 41.6 Å². The second kappa shape index (κ2) is 10.8. The number of hydrogen-bond donors (Lipinski definition) is 0. The maximum absolute atomic E-state index is 14.0. The lowest BCUT2D eigenvalue weighted by Gasteiger charge is -2.36. The first-order chi connectivity index (χ1) is 16.3. The van der Waals surface area contributed by atoms with Crippen molar-refractivity contribution < 1.29 is 22.3 Å². The summed E-state index contributed by atoms with van der Waals surface area (Å²) in [6, 6.07) is 14.5. The van der Waals surface area contributed by atoms with E-state index >= 15 is 0 Å². The van der Waals surface area contributed by atoms with Crippen molar-refractivity contribution in [1.82, 2.24) is 14.7 Å². The van der Waals surface area contributed by atoms with Crippen molar-refractivity contribution in [3.05, 3.63) is 65.5 Å². The molecule has 9 heteroatoms. The Morgan fingerprint density at radius 2 is 1.76 bits per heavy atom. The Labute approximate surface area is 201 Å². The largest absolute Gasteiger partial charge is 0.494 e. The van der Waals surface area contributed by atoms with E-state index in [0.29, 0.717) is 19.5 Å². The molecule has 0 bridgehead atoms. The van der Waals surface area contributed by atoms with Crippen LogP contribution >= 0.6 is 0 Å². The minimum absolute atomic E-state index is 0.0309. The molecule has 7 nitrogen and oxygen atoms in total. The number of carbonyl (C=O) groups excluding carboxylic acids is 1. The number of hydrogen-bond acceptors (Lipinski definition) is 6. The summed E-state index contributed by atoms with van der Waals surface area (Å²) >= 11 is 0. The van der Waals surface area contributed by atoms with Gasteiger partial charge in [-0.3, -0.25) is 14.6 Å². The molecule has 184 valence electrons. The number of methoxy groups -OCH3 is 1. The van der Waals surface area contributed by atoms with Crippen LogP contribution in [0.4, 0.5) is 4.39 Å². The molecule has 34 heavy (non-hydrogen) atoms. The van der Waals surface area contributed by atoms with Crippen molar-refractivity contribution in [2.75, 3.05) is 51.3 Å². The number of nitrogens with zero attached hydrogens (tertiary/aromatic N) is 3. The fourth-order valence-corrected chi connectivity index (χ4v) is 6.41. The number of halogens is 1. The highest BCUT2D eigenvalue weighted by Gasteiger charge is 2.35. The maximum atomic E-state index is 14.0.